The van der Waals surface area contributed by atoms with Gasteiger partial charge in [-0.25, -0.2) is 9.37 Å². The zero-order chi connectivity index (χ0) is 16.9. The van der Waals surface area contributed by atoms with Gasteiger partial charge in [0.25, 0.3) is 5.91 Å². The maximum atomic E-state index is 13.0. The number of aromatic nitrogens is 3. The van der Waals surface area contributed by atoms with E-state index in [1.165, 1.54) is 30.2 Å². The number of hydrogen-bond donors (Lipinski definition) is 2. The number of halogens is 2. The van der Waals surface area contributed by atoms with Gasteiger partial charge in [-0.1, -0.05) is 35.5 Å². The average Bonchev–Trinajstić information content (AvgIpc) is 3.09. The van der Waals surface area contributed by atoms with Gasteiger partial charge in [0.05, 0.1) is 10.7 Å². The SMILES string of the molecule is O=C(Nc1ccc(F)cc1Cl)c1ccc(CSc2ncn[nH]2)cc1. The molecule has 0 unspecified atom stereocenters. The summed E-state index contributed by atoms with van der Waals surface area (Å²) in [6.07, 6.45) is 1.45. The summed E-state index contributed by atoms with van der Waals surface area (Å²) in [6, 6.07) is 11.0. The minimum Gasteiger partial charge on any atom is -0.321 e. The fraction of sp³-hybridized carbons (Fsp3) is 0.0625. The van der Waals surface area contributed by atoms with Crippen LogP contribution in [0, 0.1) is 5.82 Å². The number of thioether (sulfide) groups is 1. The van der Waals surface area contributed by atoms with E-state index in [0.29, 0.717) is 17.0 Å². The van der Waals surface area contributed by atoms with Gasteiger partial charge in [0, 0.05) is 11.3 Å². The van der Waals surface area contributed by atoms with Crippen LogP contribution in [0.15, 0.2) is 53.9 Å². The normalized spacial score (nSPS) is 10.6. The molecule has 0 saturated carbocycles. The molecule has 1 heterocycles. The number of H-pyrrole nitrogens is 1. The Kier molecular flexibility index (Phi) is 5.12. The summed E-state index contributed by atoms with van der Waals surface area (Å²) in [5.41, 5.74) is 1.91. The first-order chi connectivity index (χ1) is 11.6. The third-order valence-corrected chi connectivity index (χ3v) is 4.42. The highest BCUT2D eigenvalue weighted by atomic mass is 35.5. The van der Waals surface area contributed by atoms with Crippen LogP contribution in [0.5, 0.6) is 0 Å². The van der Waals surface area contributed by atoms with Gasteiger partial charge in [0.2, 0.25) is 0 Å². The summed E-state index contributed by atoms with van der Waals surface area (Å²) in [5.74, 6) is -0.0505. The van der Waals surface area contributed by atoms with Gasteiger partial charge in [-0.3, -0.25) is 9.89 Å². The first kappa shape index (κ1) is 16.5. The second kappa shape index (κ2) is 7.46. The lowest BCUT2D eigenvalue weighted by molar-refractivity contribution is 0.102. The van der Waals surface area contributed by atoms with Crippen LogP contribution in [0.3, 0.4) is 0 Å². The molecule has 0 atom stereocenters. The molecule has 0 radical (unpaired) electrons. The van der Waals surface area contributed by atoms with Crippen molar-refractivity contribution in [3.8, 4) is 0 Å². The molecule has 0 aliphatic heterocycles. The van der Waals surface area contributed by atoms with Crippen molar-refractivity contribution in [2.45, 2.75) is 10.9 Å². The predicted molar refractivity (Wildman–Crippen MR) is 91.7 cm³/mol. The molecule has 0 fully saturated rings. The van der Waals surface area contributed by atoms with Crippen LogP contribution in [0.2, 0.25) is 5.02 Å². The third kappa shape index (κ3) is 4.12. The summed E-state index contributed by atoms with van der Waals surface area (Å²) in [5, 5.41) is 10.1. The van der Waals surface area contributed by atoms with Crippen molar-refractivity contribution >= 4 is 35.0 Å². The largest absolute Gasteiger partial charge is 0.321 e. The van der Waals surface area contributed by atoms with Crippen LogP contribution in [-0.4, -0.2) is 21.1 Å². The van der Waals surface area contributed by atoms with Gasteiger partial charge in [0.1, 0.15) is 12.1 Å². The topological polar surface area (TPSA) is 70.7 Å². The highest BCUT2D eigenvalue weighted by Gasteiger charge is 2.09. The summed E-state index contributed by atoms with van der Waals surface area (Å²) in [4.78, 5) is 16.2. The van der Waals surface area contributed by atoms with Crippen LogP contribution in [0.25, 0.3) is 0 Å². The molecule has 8 heteroatoms. The first-order valence-electron chi connectivity index (χ1n) is 6.95. The lowest BCUT2D eigenvalue weighted by atomic mass is 10.1. The number of carbonyl (C=O) groups excluding carboxylic acids is 1. The van der Waals surface area contributed by atoms with Gasteiger partial charge in [-0.2, -0.15) is 5.10 Å². The number of hydrogen-bond acceptors (Lipinski definition) is 4. The Morgan fingerprint density at radius 2 is 2.04 bits per heavy atom. The Hall–Kier alpha value is -2.38. The van der Waals surface area contributed by atoms with E-state index in [1.54, 1.807) is 12.1 Å². The number of nitrogens with zero attached hydrogens (tertiary/aromatic N) is 2. The number of carbonyl (C=O) groups is 1. The molecule has 2 aromatic carbocycles. The molecule has 1 amide bonds. The predicted octanol–water partition coefficient (Wildman–Crippen LogP) is 4.14. The highest BCUT2D eigenvalue weighted by Crippen LogP contribution is 2.23. The molecule has 0 aliphatic carbocycles. The summed E-state index contributed by atoms with van der Waals surface area (Å²) in [6.45, 7) is 0. The van der Waals surface area contributed by atoms with E-state index in [4.69, 9.17) is 11.6 Å². The summed E-state index contributed by atoms with van der Waals surface area (Å²) >= 11 is 7.42. The number of rotatable bonds is 5. The van der Waals surface area contributed by atoms with Crippen LogP contribution in [0.1, 0.15) is 15.9 Å². The maximum Gasteiger partial charge on any atom is 0.255 e. The van der Waals surface area contributed by atoms with Gasteiger partial charge in [-0.05, 0) is 35.9 Å². The van der Waals surface area contributed by atoms with Crippen molar-refractivity contribution in [2.24, 2.45) is 0 Å². The Bertz CT molecular complexity index is 840. The highest BCUT2D eigenvalue weighted by molar-refractivity contribution is 7.98. The quantitative estimate of drug-likeness (QED) is 0.669. The lowest BCUT2D eigenvalue weighted by Crippen LogP contribution is -2.12. The number of amides is 1. The van der Waals surface area contributed by atoms with E-state index in [0.717, 1.165) is 16.8 Å². The van der Waals surface area contributed by atoms with E-state index < -0.39 is 5.82 Å². The van der Waals surface area contributed by atoms with Crippen molar-refractivity contribution in [2.75, 3.05) is 5.32 Å². The minimum atomic E-state index is -0.452. The summed E-state index contributed by atoms with van der Waals surface area (Å²) < 4.78 is 13.0. The zero-order valence-electron chi connectivity index (χ0n) is 12.3. The molecule has 5 nitrogen and oxygen atoms in total. The van der Waals surface area contributed by atoms with Crippen LogP contribution in [0.4, 0.5) is 10.1 Å². The molecular weight excluding hydrogens is 351 g/mol. The maximum absolute atomic E-state index is 13.0. The molecule has 1 aromatic heterocycles. The van der Waals surface area contributed by atoms with Crippen molar-refractivity contribution in [3.63, 3.8) is 0 Å². The monoisotopic (exact) mass is 362 g/mol. The van der Waals surface area contributed by atoms with E-state index in [1.807, 2.05) is 12.1 Å². The Labute approximate surface area is 146 Å². The van der Waals surface area contributed by atoms with Gasteiger partial charge in [-0.15, -0.1) is 0 Å². The smallest absolute Gasteiger partial charge is 0.255 e. The second-order valence-electron chi connectivity index (χ2n) is 4.85. The standard InChI is InChI=1S/C16H12ClFN4OS/c17-13-7-12(18)5-6-14(13)21-15(23)11-3-1-10(2-4-11)8-24-16-19-9-20-22-16/h1-7,9H,8H2,(H,21,23)(H,19,20,22). The molecule has 0 bridgehead atoms. The molecule has 3 aromatic rings. The number of anilines is 1. The number of benzene rings is 2. The zero-order valence-corrected chi connectivity index (χ0v) is 13.9. The van der Waals surface area contributed by atoms with E-state index in [9.17, 15) is 9.18 Å². The molecule has 0 aliphatic rings. The summed E-state index contributed by atoms with van der Waals surface area (Å²) in [7, 11) is 0. The Morgan fingerprint density at radius 3 is 2.71 bits per heavy atom. The molecule has 0 spiro atoms. The van der Waals surface area contributed by atoms with Gasteiger partial charge >= 0.3 is 0 Å². The van der Waals surface area contributed by atoms with E-state index in [-0.39, 0.29) is 10.9 Å². The Morgan fingerprint density at radius 1 is 1.25 bits per heavy atom. The fourth-order valence-corrected chi connectivity index (χ4v) is 2.90. The lowest BCUT2D eigenvalue weighted by Gasteiger charge is -2.08. The van der Waals surface area contributed by atoms with Crippen molar-refractivity contribution < 1.29 is 9.18 Å². The average molecular weight is 363 g/mol. The van der Waals surface area contributed by atoms with Crippen LogP contribution < -0.4 is 5.32 Å². The molecular formula is C16H12ClFN4OS. The molecule has 0 saturated heterocycles. The molecule has 2 N–H and O–H groups in total. The van der Waals surface area contributed by atoms with Crippen LogP contribution in [-0.2, 0) is 5.75 Å². The third-order valence-electron chi connectivity index (χ3n) is 3.16. The number of nitrogens with one attached hydrogen (secondary N) is 2. The van der Waals surface area contributed by atoms with Crippen LogP contribution >= 0.6 is 23.4 Å². The second-order valence-corrected chi connectivity index (χ2v) is 6.23. The van der Waals surface area contributed by atoms with Gasteiger partial charge in [0.15, 0.2) is 5.16 Å². The fourth-order valence-electron chi connectivity index (χ4n) is 1.95. The van der Waals surface area contributed by atoms with Gasteiger partial charge < -0.3 is 5.32 Å². The number of aromatic amines is 1. The van der Waals surface area contributed by atoms with E-state index >= 15 is 0 Å². The van der Waals surface area contributed by atoms with Crippen molar-refractivity contribution in [1.29, 1.82) is 0 Å². The minimum absolute atomic E-state index is 0.156. The Balaban J connectivity index is 1.63. The van der Waals surface area contributed by atoms with Crippen molar-refractivity contribution in [1.82, 2.24) is 15.2 Å². The van der Waals surface area contributed by atoms with Crippen molar-refractivity contribution in [3.05, 3.63) is 70.8 Å². The first-order valence-corrected chi connectivity index (χ1v) is 8.32. The molecule has 122 valence electrons. The van der Waals surface area contributed by atoms with E-state index in [2.05, 4.69) is 20.5 Å². The molecule has 3 rings (SSSR count). The molecule has 24 heavy (non-hydrogen) atoms.